The predicted molar refractivity (Wildman–Crippen MR) is 72.9 cm³/mol. The Labute approximate surface area is 102 Å². The monoisotopic (exact) mass is 226 g/mol. The zero-order valence-corrected chi connectivity index (χ0v) is 10.4. The summed E-state index contributed by atoms with van der Waals surface area (Å²) in [5.41, 5.74) is 4.12. The Balaban J connectivity index is 2.17. The van der Waals surface area contributed by atoms with E-state index in [0.717, 1.165) is 13.1 Å². The van der Waals surface area contributed by atoms with Crippen LogP contribution in [-0.2, 0) is 7.05 Å². The lowest BCUT2D eigenvalue weighted by Gasteiger charge is -2.18. The number of fused-ring (bicyclic) bond motifs is 1. The van der Waals surface area contributed by atoms with Crippen molar-refractivity contribution in [3.05, 3.63) is 42.1 Å². The van der Waals surface area contributed by atoms with Gasteiger partial charge in [-0.3, -0.25) is 0 Å². The minimum atomic E-state index is 0.623. The Morgan fingerprint density at radius 1 is 1.29 bits per heavy atom. The maximum absolute atomic E-state index is 3.48. The van der Waals surface area contributed by atoms with Gasteiger partial charge >= 0.3 is 0 Å². The number of aromatic nitrogens is 1. The van der Waals surface area contributed by atoms with Crippen molar-refractivity contribution in [2.45, 2.75) is 6.92 Å². The second kappa shape index (κ2) is 4.04. The maximum Gasteiger partial charge on any atom is 0.0484 e. The summed E-state index contributed by atoms with van der Waals surface area (Å²) >= 11 is 0. The van der Waals surface area contributed by atoms with E-state index in [0.29, 0.717) is 5.92 Å². The van der Waals surface area contributed by atoms with Crippen molar-refractivity contribution in [3.8, 4) is 0 Å². The summed E-state index contributed by atoms with van der Waals surface area (Å²) in [4.78, 5) is 0. The molecule has 1 atom stereocenters. The third-order valence-electron chi connectivity index (χ3n) is 3.51. The molecule has 0 saturated heterocycles. The lowest BCUT2D eigenvalue weighted by atomic mass is 9.97. The molecule has 2 heterocycles. The number of hydrogen-bond acceptors (Lipinski definition) is 1. The average molecular weight is 226 g/mol. The first-order chi connectivity index (χ1) is 8.25. The SMILES string of the molecule is C[C@H]1C=C(c2cn(C)c3ccccc23)CNC1. The van der Waals surface area contributed by atoms with E-state index in [-0.39, 0.29) is 0 Å². The van der Waals surface area contributed by atoms with Crippen LogP contribution in [0.2, 0.25) is 0 Å². The van der Waals surface area contributed by atoms with Gasteiger partial charge in [-0.15, -0.1) is 0 Å². The molecular weight excluding hydrogens is 208 g/mol. The van der Waals surface area contributed by atoms with E-state index in [1.165, 1.54) is 22.0 Å². The Morgan fingerprint density at radius 3 is 2.94 bits per heavy atom. The Bertz CT molecular complexity index is 578. The second-order valence-corrected chi connectivity index (χ2v) is 4.97. The number of benzene rings is 1. The van der Waals surface area contributed by atoms with Gasteiger partial charge in [0.2, 0.25) is 0 Å². The Kier molecular flexibility index (Phi) is 2.52. The van der Waals surface area contributed by atoms with Gasteiger partial charge in [0.05, 0.1) is 0 Å². The van der Waals surface area contributed by atoms with Gasteiger partial charge in [0, 0.05) is 42.8 Å². The second-order valence-electron chi connectivity index (χ2n) is 4.97. The minimum absolute atomic E-state index is 0.623. The molecular formula is C15H18N2. The number of rotatable bonds is 1. The van der Waals surface area contributed by atoms with Crippen LogP contribution >= 0.6 is 0 Å². The van der Waals surface area contributed by atoms with Crippen LogP contribution in [0.3, 0.4) is 0 Å². The first-order valence-corrected chi connectivity index (χ1v) is 6.21. The van der Waals surface area contributed by atoms with E-state index in [2.05, 4.69) is 60.4 Å². The summed E-state index contributed by atoms with van der Waals surface area (Å²) < 4.78 is 2.21. The number of nitrogens with zero attached hydrogens (tertiary/aromatic N) is 1. The summed E-state index contributed by atoms with van der Waals surface area (Å²) in [7, 11) is 2.12. The summed E-state index contributed by atoms with van der Waals surface area (Å²) in [6.07, 6.45) is 4.65. The third-order valence-corrected chi connectivity index (χ3v) is 3.51. The van der Waals surface area contributed by atoms with E-state index in [1.54, 1.807) is 0 Å². The van der Waals surface area contributed by atoms with Crippen LogP contribution in [0.5, 0.6) is 0 Å². The highest BCUT2D eigenvalue weighted by Crippen LogP contribution is 2.28. The quantitative estimate of drug-likeness (QED) is 0.791. The topological polar surface area (TPSA) is 17.0 Å². The van der Waals surface area contributed by atoms with Crippen LogP contribution in [0.1, 0.15) is 12.5 Å². The van der Waals surface area contributed by atoms with Gasteiger partial charge in [-0.25, -0.2) is 0 Å². The largest absolute Gasteiger partial charge is 0.350 e. The Morgan fingerprint density at radius 2 is 2.12 bits per heavy atom. The van der Waals surface area contributed by atoms with Crippen molar-refractivity contribution in [3.63, 3.8) is 0 Å². The molecule has 1 aromatic heterocycles. The molecule has 0 aliphatic carbocycles. The molecule has 0 saturated carbocycles. The molecule has 88 valence electrons. The van der Waals surface area contributed by atoms with Crippen LogP contribution in [0.25, 0.3) is 16.5 Å². The van der Waals surface area contributed by atoms with Gasteiger partial charge in [-0.2, -0.15) is 0 Å². The van der Waals surface area contributed by atoms with Gasteiger partial charge in [0.15, 0.2) is 0 Å². The van der Waals surface area contributed by atoms with Crippen LogP contribution in [0, 0.1) is 5.92 Å². The Hall–Kier alpha value is -1.54. The molecule has 1 aromatic carbocycles. The van der Waals surface area contributed by atoms with Crippen molar-refractivity contribution in [2.24, 2.45) is 13.0 Å². The average Bonchev–Trinajstić information content (AvgIpc) is 2.68. The van der Waals surface area contributed by atoms with E-state index >= 15 is 0 Å². The number of hydrogen-bond donors (Lipinski definition) is 1. The molecule has 1 aliphatic heterocycles. The summed E-state index contributed by atoms with van der Waals surface area (Å²) in [6, 6.07) is 8.61. The van der Waals surface area contributed by atoms with Gasteiger partial charge in [0.1, 0.15) is 0 Å². The van der Waals surface area contributed by atoms with E-state index < -0.39 is 0 Å². The first-order valence-electron chi connectivity index (χ1n) is 6.21. The zero-order valence-electron chi connectivity index (χ0n) is 10.4. The highest BCUT2D eigenvalue weighted by molar-refractivity contribution is 5.93. The summed E-state index contributed by atoms with van der Waals surface area (Å²) in [5.74, 6) is 0.623. The number of aryl methyl sites for hydroxylation is 1. The van der Waals surface area contributed by atoms with E-state index in [1.807, 2.05) is 0 Å². The van der Waals surface area contributed by atoms with Gasteiger partial charge in [0.25, 0.3) is 0 Å². The standard InChI is InChI=1S/C15H18N2/c1-11-7-12(9-16-8-11)14-10-17(2)15-6-4-3-5-13(14)15/h3-7,10-11,16H,8-9H2,1-2H3/t11-/m0/s1. The van der Waals surface area contributed by atoms with Crippen LogP contribution in [0.15, 0.2) is 36.5 Å². The number of nitrogens with one attached hydrogen (secondary N) is 1. The van der Waals surface area contributed by atoms with Gasteiger partial charge < -0.3 is 9.88 Å². The molecule has 2 aromatic rings. The third kappa shape index (κ3) is 1.79. The fourth-order valence-electron chi connectivity index (χ4n) is 2.68. The predicted octanol–water partition coefficient (Wildman–Crippen LogP) is 2.80. The molecule has 1 aliphatic rings. The molecule has 0 amide bonds. The van der Waals surface area contributed by atoms with Crippen LogP contribution in [-0.4, -0.2) is 17.7 Å². The van der Waals surface area contributed by atoms with Gasteiger partial charge in [-0.1, -0.05) is 31.2 Å². The van der Waals surface area contributed by atoms with E-state index in [4.69, 9.17) is 0 Å². The lowest BCUT2D eigenvalue weighted by molar-refractivity contribution is 0.607. The van der Waals surface area contributed by atoms with E-state index in [9.17, 15) is 0 Å². The van der Waals surface area contributed by atoms with Crippen LogP contribution in [0.4, 0.5) is 0 Å². The summed E-state index contributed by atoms with van der Waals surface area (Å²) in [6.45, 7) is 4.34. The fraction of sp³-hybridized carbons (Fsp3) is 0.333. The van der Waals surface area contributed by atoms with Crippen molar-refractivity contribution < 1.29 is 0 Å². The number of para-hydroxylation sites is 1. The first kappa shape index (κ1) is 10.6. The van der Waals surface area contributed by atoms with Crippen molar-refractivity contribution in [1.29, 1.82) is 0 Å². The molecule has 2 heteroatoms. The molecule has 17 heavy (non-hydrogen) atoms. The van der Waals surface area contributed by atoms with Gasteiger partial charge in [-0.05, 0) is 17.6 Å². The molecule has 0 radical (unpaired) electrons. The minimum Gasteiger partial charge on any atom is -0.350 e. The van der Waals surface area contributed by atoms with Crippen molar-refractivity contribution in [1.82, 2.24) is 9.88 Å². The molecule has 1 N–H and O–H groups in total. The highest BCUT2D eigenvalue weighted by atomic mass is 14.9. The molecule has 2 nitrogen and oxygen atoms in total. The van der Waals surface area contributed by atoms with Crippen LogP contribution < -0.4 is 5.32 Å². The van der Waals surface area contributed by atoms with Crippen molar-refractivity contribution in [2.75, 3.05) is 13.1 Å². The molecule has 0 spiro atoms. The smallest absolute Gasteiger partial charge is 0.0484 e. The molecule has 0 unspecified atom stereocenters. The fourth-order valence-corrected chi connectivity index (χ4v) is 2.68. The normalized spacial score (nSPS) is 20.6. The molecule has 0 fully saturated rings. The van der Waals surface area contributed by atoms with Crippen molar-refractivity contribution >= 4 is 16.5 Å². The molecule has 3 rings (SSSR count). The highest BCUT2D eigenvalue weighted by Gasteiger charge is 2.14. The zero-order chi connectivity index (χ0) is 11.8. The lowest BCUT2D eigenvalue weighted by Crippen LogP contribution is -2.26. The maximum atomic E-state index is 3.48. The molecule has 0 bridgehead atoms. The summed E-state index contributed by atoms with van der Waals surface area (Å²) in [5, 5.41) is 4.84.